The molecule has 0 aromatic rings. The highest BCUT2D eigenvalue weighted by molar-refractivity contribution is 5.10. The fourth-order valence-electron chi connectivity index (χ4n) is 0.359. The standard InChI is InChI=1S/C6H10N2/c1-5(2)6(4-7)8-3/h4-5H,7H2,1-2H3/b6-4+. The van der Waals surface area contributed by atoms with Crippen molar-refractivity contribution < 1.29 is 0 Å². The van der Waals surface area contributed by atoms with E-state index < -0.39 is 0 Å². The Hall–Kier alpha value is -0.970. The van der Waals surface area contributed by atoms with Crippen molar-refractivity contribution >= 4 is 0 Å². The molecule has 0 saturated carbocycles. The second-order valence-corrected chi connectivity index (χ2v) is 1.86. The molecule has 0 spiro atoms. The number of hydrogen-bond donors (Lipinski definition) is 1. The molecule has 0 atom stereocenters. The van der Waals surface area contributed by atoms with E-state index in [1.54, 1.807) is 0 Å². The molecule has 0 heterocycles. The Balaban J connectivity index is 3.98. The van der Waals surface area contributed by atoms with Gasteiger partial charge in [0.2, 0.25) is 0 Å². The van der Waals surface area contributed by atoms with E-state index in [1.165, 1.54) is 6.20 Å². The van der Waals surface area contributed by atoms with Gasteiger partial charge in [0.1, 0.15) is 0 Å². The predicted molar refractivity (Wildman–Crippen MR) is 33.7 cm³/mol. The molecule has 0 aliphatic rings. The summed E-state index contributed by atoms with van der Waals surface area (Å²) in [4.78, 5) is 3.19. The van der Waals surface area contributed by atoms with Gasteiger partial charge in [-0.25, -0.2) is 4.85 Å². The summed E-state index contributed by atoms with van der Waals surface area (Å²) in [7, 11) is 0. The zero-order chi connectivity index (χ0) is 6.57. The molecule has 0 rings (SSSR count). The molecule has 0 aliphatic heterocycles. The summed E-state index contributed by atoms with van der Waals surface area (Å²) in [6, 6.07) is 0. The van der Waals surface area contributed by atoms with E-state index in [4.69, 9.17) is 12.3 Å². The summed E-state index contributed by atoms with van der Waals surface area (Å²) < 4.78 is 0. The highest BCUT2D eigenvalue weighted by Gasteiger charge is 1.98. The lowest BCUT2D eigenvalue weighted by molar-refractivity contribution is 0.787. The quantitative estimate of drug-likeness (QED) is 0.507. The minimum Gasteiger partial charge on any atom is -0.414 e. The fraction of sp³-hybridized carbons (Fsp3) is 0.500. The number of nitrogens with two attached hydrogens (primary N) is 1. The van der Waals surface area contributed by atoms with Crippen LogP contribution < -0.4 is 5.73 Å². The van der Waals surface area contributed by atoms with Crippen molar-refractivity contribution in [2.45, 2.75) is 13.8 Å². The first-order chi connectivity index (χ1) is 3.72. The molecule has 0 saturated heterocycles. The second-order valence-electron chi connectivity index (χ2n) is 1.86. The van der Waals surface area contributed by atoms with Crippen molar-refractivity contribution in [3.05, 3.63) is 23.3 Å². The van der Waals surface area contributed by atoms with Crippen LogP contribution in [0.3, 0.4) is 0 Å². The van der Waals surface area contributed by atoms with Gasteiger partial charge < -0.3 is 5.73 Å². The van der Waals surface area contributed by atoms with E-state index >= 15 is 0 Å². The maximum Gasteiger partial charge on any atom is 0.182 e. The van der Waals surface area contributed by atoms with E-state index in [-0.39, 0.29) is 5.92 Å². The molecule has 0 unspecified atom stereocenters. The van der Waals surface area contributed by atoms with E-state index in [2.05, 4.69) is 4.85 Å². The summed E-state index contributed by atoms with van der Waals surface area (Å²) in [6.45, 7) is 10.4. The third-order valence-electron chi connectivity index (χ3n) is 0.891. The first-order valence-corrected chi connectivity index (χ1v) is 2.51. The monoisotopic (exact) mass is 110 g/mol. The van der Waals surface area contributed by atoms with Gasteiger partial charge in [-0.15, -0.1) is 0 Å². The lowest BCUT2D eigenvalue weighted by Gasteiger charge is -1.96. The summed E-state index contributed by atoms with van der Waals surface area (Å²) in [5.41, 5.74) is 5.74. The molecule has 0 radical (unpaired) electrons. The van der Waals surface area contributed by atoms with Gasteiger partial charge in [0.25, 0.3) is 0 Å². The zero-order valence-corrected chi connectivity index (χ0v) is 5.18. The Morgan fingerprint density at radius 2 is 2.25 bits per heavy atom. The molecule has 44 valence electrons. The topological polar surface area (TPSA) is 30.4 Å². The molecule has 0 fully saturated rings. The van der Waals surface area contributed by atoms with E-state index in [9.17, 15) is 0 Å². The third kappa shape index (κ3) is 1.65. The minimum absolute atomic E-state index is 0.262. The molecule has 8 heavy (non-hydrogen) atoms. The zero-order valence-electron chi connectivity index (χ0n) is 5.18. The van der Waals surface area contributed by atoms with Crippen LogP contribution in [0.2, 0.25) is 0 Å². The van der Waals surface area contributed by atoms with Gasteiger partial charge in [-0.3, -0.25) is 0 Å². The highest BCUT2D eigenvalue weighted by atomic mass is 14.7. The van der Waals surface area contributed by atoms with Gasteiger partial charge in [-0.05, 0) is 12.1 Å². The SMILES string of the molecule is [C-]#[N+]/C(=C/N)C(C)C. The molecule has 0 amide bonds. The van der Waals surface area contributed by atoms with Gasteiger partial charge in [-0.1, -0.05) is 13.8 Å². The molecular weight excluding hydrogens is 100 g/mol. The second kappa shape index (κ2) is 3.09. The van der Waals surface area contributed by atoms with Crippen LogP contribution in [0, 0.1) is 12.5 Å². The Kier molecular flexibility index (Phi) is 2.71. The van der Waals surface area contributed by atoms with Crippen LogP contribution in [0.25, 0.3) is 4.85 Å². The largest absolute Gasteiger partial charge is 0.414 e. The van der Waals surface area contributed by atoms with Gasteiger partial charge in [0.05, 0.1) is 6.57 Å². The first kappa shape index (κ1) is 7.03. The van der Waals surface area contributed by atoms with Gasteiger partial charge in [-0.2, -0.15) is 0 Å². The Labute approximate surface area is 49.8 Å². The van der Waals surface area contributed by atoms with Crippen molar-refractivity contribution in [2.24, 2.45) is 11.7 Å². The van der Waals surface area contributed by atoms with Gasteiger partial charge in [0, 0.05) is 0 Å². The molecular formula is C6H10N2. The van der Waals surface area contributed by atoms with Crippen LogP contribution in [-0.4, -0.2) is 0 Å². The van der Waals surface area contributed by atoms with E-state index in [0.717, 1.165) is 0 Å². The Bertz CT molecular complexity index is 128. The fourth-order valence-corrected chi connectivity index (χ4v) is 0.359. The van der Waals surface area contributed by atoms with E-state index in [1.807, 2.05) is 13.8 Å². The highest BCUT2D eigenvalue weighted by Crippen LogP contribution is 2.07. The molecule has 2 nitrogen and oxygen atoms in total. The lowest BCUT2D eigenvalue weighted by atomic mass is 10.2. The Morgan fingerprint density at radius 1 is 1.75 bits per heavy atom. The number of nitrogens with zero attached hydrogens (tertiary/aromatic N) is 1. The predicted octanol–water partition coefficient (Wildman–Crippen LogP) is 1.36. The maximum absolute atomic E-state index is 6.57. The van der Waals surface area contributed by atoms with Crippen LogP contribution in [0.5, 0.6) is 0 Å². The third-order valence-corrected chi connectivity index (χ3v) is 0.891. The Morgan fingerprint density at radius 3 is 2.25 bits per heavy atom. The smallest absolute Gasteiger partial charge is 0.182 e. The van der Waals surface area contributed by atoms with Gasteiger partial charge >= 0.3 is 0 Å². The van der Waals surface area contributed by atoms with Crippen molar-refractivity contribution in [1.29, 1.82) is 0 Å². The maximum atomic E-state index is 6.57. The van der Waals surface area contributed by atoms with Gasteiger partial charge in [0.15, 0.2) is 5.70 Å². The van der Waals surface area contributed by atoms with Crippen LogP contribution in [0.4, 0.5) is 0 Å². The molecule has 0 aromatic carbocycles. The van der Waals surface area contributed by atoms with Crippen LogP contribution in [-0.2, 0) is 0 Å². The minimum atomic E-state index is 0.262. The lowest BCUT2D eigenvalue weighted by Crippen LogP contribution is -1.92. The molecule has 0 aliphatic carbocycles. The summed E-state index contributed by atoms with van der Waals surface area (Å²) >= 11 is 0. The summed E-state index contributed by atoms with van der Waals surface area (Å²) in [6.07, 6.45) is 1.36. The number of allylic oxidation sites excluding steroid dienone is 1. The number of hydrogen-bond acceptors (Lipinski definition) is 1. The van der Waals surface area contributed by atoms with Crippen LogP contribution >= 0.6 is 0 Å². The average molecular weight is 110 g/mol. The average Bonchev–Trinajstić information content (AvgIpc) is 1.69. The van der Waals surface area contributed by atoms with Crippen LogP contribution in [0.15, 0.2) is 11.9 Å². The van der Waals surface area contributed by atoms with Crippen molar-refractivity contribution in [1.82, 2.24) is 0 Å². The summed E-state index contributed by atoms with van der Waals surface area (Å²) in [5.74, 6) is 0.262. The van der Waals surface area contributed by atoms with Crippen molar-refractivity contribution in [3.63, 3.8) is 0 Å². The van der Waals surface area contributed by atoms with Crippen molar-refractivity contribution in [2.75, 3.05) is 0 Å². The first-order valence-electron chi connectivity index (χ1n) is 2.51. The van der Waals surface area contributed by atoms with Crippen molar-refractivity contribution in [3.8, 4) is 0 Å². The van der Waals surface area contributed by atoms with E-state index in [0.29, 0.717) is 5.70 Å². The molecule has 0 aromatic heterocycles. The molecule has 0 bridgehead atoms. The molecule has 2 heteroatoms. The van der Waals surface area contributed by atoms with Crippen LogP contribution in [0.1, 0.15) is 13.8 Å². The summed E-state index contributed by atoms with van der Waals surface area (Å²) in [5, 5.41) is 0. The molecule has 2 N–H and O–H groups in total. The number of rotatable bonds is 1. The normalized spacial score (nSPS) is 11.5.